The van der Waals surface area contributed by atoms with Gasteiger partial charge in [-0.3, -0.25) is 0 Å². The first-order valence-electron chi connectivity index (χ1n) is 8.28. The monoisotopic (exact) mass is 397 g/mol. The summed E-state index contributed by atoms with van der Waals surface area (Å²) in [6, 6.07) is 6.15. The van der Waals surface area contributed by atoms with Gasteiger partial charge in [-0.05, 0) is 55.3 Å². The number of hydrogen-bond donors (Lipinski definition) is 1. The zero-order valence-corrected chi connectivity index (χ0v) is 16.8. The fourth-order valence-corrected chi connectivity index (χ4v) is 2.70. The van der Waals surface area contributed by atoms with Gasteiger partial charge in [0.05, 0.1) is 17.4 Å². The third-order valence-corrected chi connectivity index (χ3v) is 3.83. The highest BCUT2D eigenvalue weighted by molar-refractivity contribution is 9.10. The highest BCUT2D eigenvalue weighted by atomic mass is 79.9. The van der Waals surface area contributed by atoms with Crippen LogP contribution in [0.4, 0.5) is 4.79 Å². The van der Waals surface area contributed by atoms with Crippen LogP contribution in [0.5, 0.6) is 0 Å². The van der Waals surface area contributed by atoms with Gasteiger partial charge >= 0.3 is 6.09 Å². The molecule has 0 fully saturated rings. The number of imidazole rings is 1. The normalized spacial score (nSPS) is 10.9. The lowest BCUT2D eigenvalue weighted by Crippen LogP contribution is -2.30. The Hall–Kier alpha value is -1.56. The maximum Gasteiger partial charge on any atom is 0.407 e. The van der Waals surface area contributed by atoms with Crippen LogP contribution in [0.25, 0.3) is 11.0 Å². The van der Waals surface area contributed by atoms with Crippen LogP contribution >= 0.6 is 15.9 Å². The van der Waals surface area contributed by atoms with Crippen LogP contribution in [0.15, 0.2) is 29.0 Å². The van der Waals surface area contributed by atoms with E-state index in [2.05, 4.69) is 49.9 Å². The third-order valence-electron chi connectivity index (χ3n) is 3.19. The van der Waals surface area contributed by atoms with E-state index in [-0.39, 0.29) is 11.7 Å². The van der Waals surface area contributed by atoms with E-state index in [1.807, 2.05) is 33.2 Å². The Morgan fingerprint density at radius 3 is 2.58 bits per heavy atom. The van der Waals surface area contributed by atoms with Crippen LogP contribution in [-0.4, -0.2) is 28.3 Å². The molecule has 1 N–H and O–H groups in total. The number of aryl methyl sites for hydroxylation is 1. The number of amides is 1. The van der Waals surface area contributed by atoms with Crippen LogP contribution in [0.1, 0.15) is 47.0 Å². The van der Waals surface area contributed by atoms with Crippen LogP contribution in [0.3, 0.4) is 0 Å². The van der Waals surface area contributed by atoms with Gasteiger partial charge in [0.25, 0.3) is 0 Å². The topological polar surface area (TPSA) is 56.2 Å². The SMILES string of the molecule is CCCCCn1cnc2cccc(Br)c21.CNC(=O)OC(C)(C)C. The van der Waals surface area contributed by atoms with Crippen molar-refractivity contribution in [1.82, 2.24) is 14.9 Å². The van der Waals surface area contributed by atoms with Gasteiger partial charge in [-0.15, -0.1) is 0 Å². The van der Waals surface area contributed by atoms with Gasteiger partial charge in [-0.25, -0.2) is 9.78 Å². The van der Waals surface area contributed by atoms with Gasteiger partial charge in [0.1, 0.15) is 5.60 Å². The van der Waals surface area contributed by atoms with Crippen molar-refractivity contribution in [2.75, 3.05) is 7.05 Å². The largest absolute Gasteiger partial charge is 0.444 e. The first-order valence-corrected chi connectivity index (χ1v) is 9.08. The van der Waals surface area contributed by atoms with Crippen molar-refractivity contribution in [3.05, 3.63) is 29.0 Å². The number of aromatic nitrogens is 2. The van der Waals surface area contributed by atoms with Gasteiger partial charge in [-0.1, -0.05) is 25.8 Å². The Morgan fingerprint density at radius 2 is 2.04 bits per heavy atom. The summed E-state index contributed by atoms with van der Waals surface area (Å²) in [5, 5.41) is 2.36. The van der Waals surface area contributed by atoms with Gasteiger partial charge < -0.3 is 14.6 Å². The minimum absolute atomic E-state index is 0.387. The number of nitrogens with zero attached hydrogens (tertiary/aromatic N) is 2. The highest BCUT2D eigenvalue weighted by Gasteiger charge is 2.14. The Morgan fingerprint density at radius 1 is 1.33 bits per heavy atom. The van der Waals surface area contributed by atoms with Gasteiger partial charge in [0, 0.05) is 18.1 Å². The molecule has 134 valence electrons. The number of alkyl carbamates (subject to hydrolysis) is 1. The number of ether oxygens (including phenoxy) is 1. The van der Waals surface area contributed by atoms with Crippen molar-refractivity contribution in [3.63, 3.8) is 0 Å². The summed E-state index contributed by atoms with van der Waals surface area (Å²) in [6.45, 7) is 8.75. The molecule has 1 aromatic heterocycles. The lowest BCUT2D eigenvalue weighted by atomic mass is 10.2. The zero-order valence-electron chi connectivity index (χ0n) is 15.2. The van der Waals surface area contributed by atoms with E-state index >= 15 is 0 Å². The molecule has 5 nitrogen and oxygen atoms in total. The molecule has 6 heteroatoms. The van der Waals surface area contributed by atoms with E-state index in [1.165, 1.54) is 31.8 Å². The molecule has 24 heavy (non-hydrogen) atoms. The Balaban J connectivity index is 0.000000277. The van der Waals surface area contributed by atoms with E-state index in [0.717, 1.165) is 16.5 Å². The lowest BCUT2D eigenvalue weighted by molar-refractivity contribution is 0.0541. The van der Waals surface area contributed by atoms with Gasteiger partial charge in [-0.2, -0.15) is 0 Å². The molecule has 0 atom stereocenters. The van der Waals surface area contributed by atoms with Crippen molar-refractivity contribution in [2.45, 2.75) is 59.1 Å². The fraction of sp³-hybridized carbons (Fsp3) is 0.556. The summed E-state index contributed by atoms with van der Waals surface area (Å²) in [5.74, 6) is 0. The minimum Gasteiger partial charge on any atom is -0.444 e. The van der Waals surface area contributed by atoms with Crippen LogP contribution in [0, 0.1) is 0 Å². The molecule has 0 radical (unpaired) electrons. The molecule has 0 aliphatic heterocycles. The molecule has 0 aliphatic rings. The number of para-hydroxylation sites is 1. The molecule has 0 saturated heterocycles. The van der Waals surface area contributed by atoms with Crippen molar-refractivity contribution < 1.29 is 9.53 Å². The Bertz CT molecular complexity index is 647. The summed E-state index contributed by atoms with van der Waals surface area (Å²) in [5.41, 5.74) is 1.90. The molecule has 0 unspecified atom stereocenters. The molecule has 1 heterocycles. The molecule has 1 amide bonds. The fourth-order valence-electron chi connectivity index (χ4n) is 2.11. The average Bonchev–Trinajstić information content (AvgIpc) is 2.91. The smallest absolute Gasteiger partial charge is 0.407 e. The number of rotatable bonds is 4. The molecular formula is C18H28BrN3O2. The van der Waals surface area contributed by atoms with E-state index < -0.39 is 0 Å². The first kappa shape index (κ1) is 20.5. The summed E-state index contributed by atoms with van der Waals surface area (Å²) < 4.78 is 8.20. The molecule has 0 bridgehead atoms. The lowest BCUT2D eigenvalue weighted by Gasteiger charge is -2.18. The highest BCUT2D eigenvalue weighted by Crippen LogP contribution is 2.23. The summed E-state index contributed by atoms with van der Waals surface area (Å²) in [7, 11) is 1.54. The maximum atomic E-state index is 10.5. The summed E-state index contributed by atoms with van der Waals surface area (Å²) >= 11 is 3.58. The Kier molecular flexibility index (Phi) is 8.25. The standard InChI is InChI=1S/C12H15BrN2.C6H13NO2/c1-2-3-4-8-15-9-14-11-7-5-6-10(13)12(11)15;1-6(2,3)9-5(8)7-4/h5-7,9H,2-4,8H2,1H3;1-4H3,(H,7,8). The second-order valence-corrected chi connectivity index (χ2v) is 7.36. The van der Waals surface area contributed by atoms with Crippen LogP contribution in [-0.2, 0) is 11.3 Å². The van der Waals surface area contributed by atoms with E-state index in [1.54, 1.807) is 0 Å². The third kappa shape index (κ3) is 6.91. The van der Waals surface area contributed by atoms with E-state index in [4.69, 9.17) is 4.74 Å². The van der Waals surface area contributed by atoms with Crippen molar-refractivity contribution in [1.29, 1.82) is 0 Å². The number of unbranched alkanes of at least 4 members (excludes halogenated alkanes) is 2. The van der Waals surface area contributed by atoms with Crippen molar-refractivity contribution in [3.8, 4) is 0 Å². The number of benzene rings is 1. The second-order valence-electron chi connectivity index (χ2n) is 6.50. The molecule has 0 saturated carbocycles. The summed E-state index contributed by atoms with van der Waals surface area (Å²) in [6.07, 6.45) is 5.31. The molecule has 0 aliphatic carbocycles. The number of hydrogen-bond acceptors (Lipinski definition) is 3. The average molecular weight is 398 g/mol. The van der Waals surface area contributed by atoms with Gasteiger partial charge in [0.2, 0.25) is 0 Å². The molecular weight excluding hydrogens is 370 g/mol. The Labute approximate surface area is 152 Å². The molecule has 1 aromatic carbocycles. The maximum absolute atomic E-state index is 10.5. The van der Waals surface area contributed by atoms with Crippen LogP contribution in [0.2, 0.25) is 0 Å². The minimum atomic E-state index is -0.389. The van der Waals surface area contributed by atoms with Crippen molar-refractivity contribution in [2.24, 2.45) is 0 Å². The number of halogens is 1. The first-order chi connectivity index (χ1) is 11.3. The van der Waals surface area contributed by atoms with Crippen molar-refractivity contribution >= 4 is 33.1 Å². The van der Waals surface area contributed by atoms with Crippen LogP contribution < -0.4 is 5.32 Å². The number of carbonyl (C=O) groups is 1. The predicted octanol–water partition coefficient (Wildman–Crippen LogP) is 5.13. The second kappa shape index (κ2) is 9.67. The molecule has 0 spiro atoms. The summed E-state index contributed by atoms with van der Waals surface area (Å²) in [4.78, 5) is 14.9. The quantitative estimate of drug-likeness (QED) is 0.727. The van der Waals surface area contributed by atoms with Gasteiger partial charge in [0.15, 0.2) is 0 Å². The molecule has 2 aromatic rings. The zero-order chi connectivity index (χ0) is 18.2. The number of nitrogens with one attached hydrogen (secondary N) is 1. The van der Waals surface area contributed by atoms with E-state index in [9.17, 15) is 4.79 Å². The number of carbonyl (C=O) groups excluding carboxylic acids is 1. The molecule has 2 rings (SSSR count). The predicted molar refractivity (Wildman–Crippen MR) is 102 cm³/mol. The van der Waals surface area contributed by atoms with E-state index in [0.29, 0.717) is 0 Å². The number of fused-ring (bicyclic) bond motifs is 1.